The van der Waals surface area contributed by atoms with Crippen molar-refractivity contribution in [2.24, 2.45) is 0 Å². The van der Waals surface area contributed by atoms with Crippen LogP contribution in [-0.2, 0) is 17.8 Å². The van der Waals surface area contributed by atoms with Gasteiger partial charge in [0, 0.05) is 36.2 Å². The van der Waals surface area contributed by atoms with E-state index in [1.54, 1.807) is 49.3 Å². The summed E-state index contributed by atoms with van der Waals surface area (Å²) in [5.41, 5.74) is 2.15. The molecule has 2 aromatic rings. The van der Waals surface area contributed by atoms with Gasteiger partial charge in [0.2, 0.25) is 5.91 Å². The molecule has 0 spiro atoms. The second kappa shape index (κ2) is 8.18. The van der Waals surface area contributed by atoms with E-state index in [1.165, 1.54) is 0 Å². The zero-order chi connectivity index (χ0) is 17.7. The summed E-state index contributed by atoms with van der Waals surface area (Å²) in [5, 5.41) is 3.54. The molecule has 0 radical (unpaired) electrons. The van der Waals surface area contributed by atoms with Gasteiger partial charge in [-0.05, 0) is 35.4 Å². The molecule has 2 amide bonds. The summed E-state index contributed by atoms with van der Waals surface area (Å²) < 4.78 is 0. The molecule has 4 nitrogen and oxygen atoms in total. The minimum absolute atomic E-state index is 0.0830. The third-order valence-electron chi connectivity index (χ3n) is 3.68. The van der Waals surface area contributed by atoms with Crippen molar-refractivity contribution < 1.29 is 9.59 Å². The molecule has 0 fully saturated rings. The number of rotatable bonds is 5. The van der Waals surface area contributed by atoms with E-state index in [9.17, 15) is 9.59 Å². The number of hydrogen-bond acceptors (Lipinski definition) is 2. The Morgan fingerprint density at radius 1 is 1.04 bits per heavy atom. The first-order valence-electron chi connectivity index (χ1n) is 7.40. The van der Waals surface area contributed by atoms with E-state index in [1.807, 2.05) is 12.1 Å². The smallest absolute Gasteiger partial charge is 0.251 e. The molecular formula is C18H18Cl2N2O2. The summed E-state index contributed by atoms with van der Waals surface area (Å²) in [6, 6.07) is 12.3. The van der Waals surface area contributed by atoms with Crippen LogP contribution in [0.3, 0.4) is 0 Å². The van der Waals surface area contributed by atoms with Crippen molar-refractivity contribution in [3.63, 3.8) is 0 Å². The fourth-order valence-electron chi connectivity index (χ4n) is 2.26. The van der Waals surface area contributed by atoms with Crippen LogP contribution in [0, 0.1) is 0 Å². The molecular weight excluding hydrogens is 347 g/mol. The van der Waals surface area contributed by atoms with Gasteiger partial charge in [0.25, 0.3) is 5.91 Å². The lowest BCUT2D eigenvalue weighted by atomic mass is 10.1. The number of benzene rings is 2. The van der Waals surface area contributed by atoms with Gasteiger partial charge in [0.1, 0.15) is 0 Å². The number of halogens is 2. The molecule has 1 N–H and O–H groups in total. The topological polar surface area (TPSA) is 49.4 Å². The maximum absolute atomic E-state index is 12.4. The molecule has 0 atom stereocenters. The van der Waals surface area contributed by atoms with Crippen LogP contribution in [-0.4, -0.2) is 30.8 Å². The Bertz CT molecular complexity index is 725. The van der Waals surface area contributed by atoms with Gasteiger partial charge >= 0.3 is 0 Å². The average molecular weight is 365 g/mol. The Morgan fingerprint density at radius 2 is 1.62 bits per heavy atom. The van der Waals surface area contributed by atoms with Crippen molar-refractivity contribution in [3.8, 4) is 0 Å². The Labute approximate surface area is 151 Å². The van der Waals surface area contributed by atoms with Gasteiger partial charge in [-0.15, -0.1) is 0 Å². The molecule has 0 saturated heterocycles. The zero-order valence-corrected chi connectivity index (χ0v) is 15.0. The summed E-state index contributed by atoms with van der Waals surface area (Å²) >= 11 is 12.2. The first-order valence-corrected chi connectivity index (χ1v) is 8.16. The van der Waals surface area contributed by atoms with Gasteiger partial charge < -0.3 is 10.2 Å². The van der Waals surface area contributed by atoms with E-state index in [2.05, 4.69) is 5.32 Å². The van der Waals surface area contributed by atoms with Gasteiger partial charge in [-0.25, -0.2) is 0 Å². The number of carbonyl (C=O) groups is 2. The highest BCUT2D eigenvalue weighted by Crippen LogP contribution is 2.25. The van der Waals surface area contributed by atoms with E-state index in [-0.39, 0.29) is 18.2 Å². The summed E-state index contributed by atoms with van der Waals surface area (Å²) in [7, 11) is 3.31. The molecule has 0 aliphatic carbocycles. The Hall–Kier alpha value is -2.04. The van der Waals surface area contributed by atoms with Crippen molar-refractivity contribution in [2.45, 2.75) is 13.0 Å². The van der Waals surface area contributed by atoms with Crippen LogP contribution in [0.1, 0.15) is 21.5 Å². The number of carbonyl (C=O) groups excluding carboxylic acids is 2. The largest absolute Gasteiger partial charge is 0.355 e. The Balaban J connectivity index is 2.02. The maximum Gasteiger partial charge on any atom is 0.251 e. The van der Waals surface area contributed by atoms with E-state index in [4.69, 9.17) is 23.2 Å². The first kappa shape index (κ1) is 18.3. The van der Waals surface area contributed by atoms with Crippen LogP contribution >= 0.6 is 23.2 Å². The maximum atomic E-state index is 12.4. The van der Waals surface area contributed by atoms with Crippen LogP contribution in [0.15, 0.2) is 42.5 Å². The SMILES string of the molecule is CNC(=O)c1ccc(CN(C)C(=O)Cc2c(Cl)cccc2Cl)cc1. The molecule has 6 heteroatoms. The predicted molar refractivity (Wildman–Crippen MR) is 96.5 cm³/mol. The fourth-order valence-corrected chi connectivity index (χ4v) is 2.79. The van der Waals surface area contributed by atoms with E-state index in [0.29, 0.717) is 27.7 Å². The van der Waals surface area contributed by atoms with E-state index >= 15 is 0 Å². The summed E-state index contributed by atoms with van der Waals surface area (Å²) in [6.45, 7) is 0.439. The molecule has 2 aromatic carbocycles. The van der Waals surface area contributed by atoms with Gasteiger partial charge in [0.05, 0.1) is 6.42 Å². The lowest BCUT2D eigenvalue weighted by molar-refractivity contribution is -0.129. The Morgan fingerprint density at radius 3 is 2.17 bits per heavy atom. The van der Waals surface area contributed by atoms with Crippen LogP contribution in [0.2, 0.25) is 10.0 Å². The second-order valence-electron chi connectivity index (χ2n) is 5.40. The number of hydrogen-bond donors (Lipinski definition) is 1. The van der Waals surface area contributed by atoms with Gasteiger partial charge in [-0.2, -0.15) is 0 Å². The quantitative estimate of drug-likeness (QED) is 0.881. The summed E-state index contributed by atoms with van der Waals surface area (Å²) in [4.78, 5) is 25.5. The van der Waals surface area contributed by atoms with E-state index in [0.717, 1.165) is 5.56 Å². The standard InChI is InChI=1S/C18H18Cl2N2O2/c1-21-18(24)13-8-6-12(7-9-13)11-22(2)17(23)10-14-15(19)4-3-5-16(14)20/h3-9H,10-11H2,1-2H3,(H,21,24). The molecule has 2 rings (SSSR count). The highest BCUT2D eigenvalue weighted by molar-refractivity contribution is 6.36. The van der Waals surface area contributed by atoms with Crippen LogP contribution in [0.5, 0.6) is 0 Å². The number of nitrogens with one attached hydrogen (secondary N) is 1. The van der Waals surface area contributed by atoms with Crippen LogP contribution in [0.4, 0.5) is 0 Å². The minimum Gasteiger partial charge on any atom is -0.355 e. The van der Waals surface area contributed by atoms with Crippen LogP contribution < -0.4 is 5.32 Å². The fraction of sp³-hybridized carbons (Fsp3) is 0.222. The molecule has 126 valence electrons. The molecule has 0 unspecified atom stereocenters. The van der Waals surface area contributed by atoms with Crippen molar-refractivity contribution in [1.29, 1.82) is 0 Å². The van der Waals surface area contributed by atoms with Gasteiger partial charge in [-0.3, -0.25) is 9.59 Å². The molecule has 0 aliphatic heterocycles. The average Bonchev–Trinajstić information content (AvgIpc) is 2.58. The van der Waals surface area contributed by atoms with Gasteiger partial charge in [0.15, 0.2) is 0 Å². The van der Waals surface area contributed by atoms with Crippen molar-refractivity contribution in [3.05, 3.63) is 69.2 Å². The third kappa shape index (κ3) is 4.49. The summed E-state index contributed by atoms with van der Waals surface area (Å²) in [5.74, 6) is -0.222. The highest BCUT2D eigenvalue weighted by Gasteiger charge is 2.15. The second-order valence-corrected chi connectivity index (χ2v) is 6.22. The molecule has 0 aromatic heterocycles. The monoisotopic (exact) mass is 364 g/mol. The molecule has 24 heavy (non-hydrogen) atoms. The Kier molecular flexibility index (Phi) is 6.23. The summed E-state index contributed by atoms with van der Waals surface area (Å²) in [6.07, 6.45) is 0.144. The zero-order valence-electron chi connectivity index (χ0n) is 13.5. The number of amides is 2. The lowest BCUT2D eigenvalue weighted by Crippen LogP contribution is -2.28. The first-order chi connectivity index (χ1) is 11.4. The predicted octanol–water partition coefficient (Wildman–Crippen LogP) is 3.55. The third-order valence-corrected chi connectivity index (χ3v) is 4.39. The number of likely N-dealkylation sites (N-methyl/N-ethyl adjacent to an activating group) is 1. The highest BCUT2D eigenvalue weighted by atomic mass is 35.5. The van der Waals surface area contributed by atoms with Crippen molar-refractivity contribution in [1.82, 2.24) is 10.2 Å². The van der Waals surface area contributed by atoms with E-state index < -0.39 is 0 Å². The van der Waals surface area contributed by atoms with Gasteiger partial charge in [-0.1, -0.05) is 41.4 Å². The molecule has 0 saturated carbocycles. The number of nitrogens with zero attached hydrogens (tertiary/aromatic N) is 1. The molecule has 0 aliphatic rings. The molecule has 0 bridgehead atoms. The van der Waals surface area contributed by atoms with Crippen molar-refractivity contribution >= 4 is 35.0 Å². The molecule has 0 heterocycles. The minimum atomic E-state index is -0.139. The normalized spacial score (nSPS) is 10.3. The van der Waals surface area contributed by atoms with Crippen molar-refractivity contribution in [2.75, 3.05) is 14.1 Å². The van der Waals surface area contributed by atoms with Crippen LogP contribution in [0.25, 0.3) is 0 Å². The lowest BCUT2D eigenvalue weighted by Gasteiger charge is -2.18.